The average Bonchev–Trinajstić information content (AvgIpc) is 2.44. The van der Waals surface area contributed by atoms with Gasteiger partial charge in [0.1, 0.15) is 12.4 Å². The van der Waals surface area contributed by atoms with Gasteiger partial charge in [-0.05, 0) is 62.9 Å². The highest BCUT2D eigenvalue weighted by molar-refractivity contribution is 5.38. The van der Waals surface area contributed by atoms with Crippen molar-refractivity contribution < 1.29 is 9.84 Å². The van der Waals surface area contributed by atoms with Gasteiger partial charge in [0.05, 0.1) is 0 Å². The van der Waals surface area contributed by atoms with Gasteiger partial charge in [-0.3, -0.25) is 4.90 Å². The van der Waals surface area contributed by atoms with Crippen LogP contribution in [0.2, 0.25) is 0 Å². The number of hydrogen-bond donors (Lipinski definition) is 1. The number of aliphatic hydroxyl groups excluding tert-OH is 1. The third-order valence-corrected chi connectivity index (χ3v) is 4.19. The number of rotatable bonds is 5. The lowest BCUT2D eigenvalue weighted by molar-refractivity contribution is 0.118. The Balaban J connectivity index is 1.74. The Morgan fingerprint density at radius 2 is 2.00 bits per heavy atom. The molecule has 1 aromatic carbocycles. The Morgan fingerprint density at radius 3 is 2.68 bits per heavy atom. The molecule has 0 aromatic heterocycles. The van der Waals surface area contributed by atoms with E-state index in [9.17, 15) is 0 Å². The molecule has 1 N–H and O–H groups in total. The van der Waals surface area contributed by atoms with Crippen LogP contribution in [-0.2, 0) is 0 Å². The molecule has 1 aliphatic heterocycles. The summed E-state index contributed by atoms with van der Waals surface area (Å²) in [5.74, 6) is 1.52. The van der Waals surface area contributed by atoms with Gasteiger partial charge < -0.3 is 9.84 Å². The maximum Gasteiger partial charge on any atom is 0.122 e. The SMILES string of the molecule is Cc1cccc(OCCN2CCC(CO)CC2)c1C. The van der Waals surface area contributed by atoms with Crippen molar-refractivity contribution in [2.45, 2.75) is 26.7 Å². The van der Waals surface area contributed by atoms with Crippen LogP contribution in [0.15, 0.2) is 18.2 Å². The Bertz CT molecular complexity index is 398. The summed E-state index contributed by atoms with van der Waals surface area (Å²) in [5.41, 5.74) is 2.52. The van der Waals surface area contributed by atoms with E-state index in [4.69, 9.17) is 9.84 Å². The molecule has 0 aliphatic carbocycles. The first-order valence-corrected chi connectivity index (χ1v) is 7.23. The molecule has 0 saturated carbocycles. The van der Waals surface area contributed by atoms with Crippen LogP contribution in [-0.4, -0.2) is 42.9 Å². The predicted molar refractivity (Wildman–Crippen MR) is 77.7 cm³/mol. The minimum Gasteiger partial charge on any atom is -0.492 e. The van der Waals surface area contributed by atoms with E-state index in [0.29, 0.717) is 12.5 Å². The Kier molecular flexibility index (Phi) is 5.23. The molecule has 3 heteroatoms. The summed E-state index contributed by atoms with van der Waals surface area (Å²) in [6, 6.07) is 6.20. The summed E-state index contributed by atoms with van der Waals surface area (Å²) in [5, 5.41) is 9.12. The molecule has 0 bridgehead atoms. The summed E-state index contributed by atoms with van der Waals surface area (Å²) < 4.78 is 5.88. The zero-order chi connectivity index (χ0) is 13.7. The monoisotopic (exact) mass is 263 g/mol. The zero-order valence-electron chi connectivity index (χ0n) is 12.1. The first kappa shape index (κ1) is 14.4. The highest BCUT2D eigenvalue weighted by Crippen LogP contribution is 2.21. The highest BCUT2D eigenvalue weighted by Gasteiger charge is 2.18. The molecule has 1 aliphatic rings. The second-order valence-corrected chi connectivity index (χ2v) is 5.51. The zero-order valence-corrected chi connectivity index (χ0v) is 12.1. The van der Waals surface area contributed by atoms with Crippen LogP contribution in [0.5, 0.6) is 5.75 Å². The molecule has 2 rings (SSSR count). The van der Waals surface area contributed by atoms with Crippen molar-refractivity contribution in [3.8, 4) is 5.75 Å². The third-order valence-electron chi connectivity index (χ3n) is 4.19. The van der Waals surface area contributed by atoms with Gasteiger partial charge in [0.25, 0.3) is 0 Å². The molecule has 0 amide bonds. The molecule has 1 saturated heterocycles. The fraction of sp³-hybridized carbons (Fsp3) is 0.625. The molecule has 1 heterocycles. The number of benzene rings is 1. The lowest BCUT2D eigenvalue weighted by Gasteiger charge is -2.30. The maximum absolute atomic E-state index is 9.12. The van der Waals surface area contributed by atoms with Crippen LogP contribution in [0.3, 0.4) is 0 Å². The van der Waals surface area contributed by atoms with E-state index in [-0.39, 0.29) is 0 Å². The largest absolute Gasteiger partial charge is 0.492 e. The molecule has 0 radical (unpaired) electrons. The fourth-order valence-electron chi connectivity index (χ4n) is 2.56. The minimum atomic E-state index is 0.340. The third kappa shape index (κ3) is 3.95. The highest BCUT2D eigenvalue weighted by atomic mass is 16.5. The topological polar surface area (TPSA) is 32.7 Å². The second-order valence-electron chi connectivity index (χ2n) is 5.51. The second kappa shape index (κ2) is 6.92. The Morgan fingerprint density at radius 1 is 1.26 bits per heavy atom. The van der Waals surface area contributed by atoms with Crippen molar-refractivity contribution >= 4 is 0 Å². The van der Waals surface area contributed by atoms with Crippen molar-refractivity contribution in [3.63, 3.8) is 0 Å². The van der Waals surface area contributed by atoms with Gasteiger partial charge in [-0.1, -0.05) is 12.1 Å². The van der Waals surface area contributed by atoms with E-state index in [2.05, 4.69) is 24.8 Å². The number of hydrogen-bond acceptors (Lipinski definition) is 3. The standard InChI is InChI=1S/C16H25NO2/c1-13-4-3-5-16(14(13)2)19-11-10-17-8-6-15(12-18)7-9-17/h3-5,15,18H,6-12H2,1-2H3. The molecule has 0 spiro atoms. The normalized spacial score (nSPS) is 17.6. The van der Waals surface area contributed by atoms with E-state index in [1.807, 2.05) is 12.1 Å². The molecule has 0 unspecified atom stereocenters. The summed E-state index contributed by atoms with van der Waals surface area (Å²) in [6.07, 6.45) is 2.22. The smallest absolute Gasteiger partial charge is 0.122 e. The van der Waals surface area contributed by atoms with E-state index in [0.717, 1.165) is 44.8 Å². The van der Waals surface area contributed by atoms with Gasteiger partial charge >= 0.3 is 0 Å². The minimum absolute atomic E-state index is 0.340. The number of aliphatic hydroxyl groups is 1. The predicted octanol–water partition coefficient (Wildman–Crippen LogP) is 2.39. The van der Waals surface area contributed by atoms with Crippen molar-refractivity contribution in [2.75, 3.05) is 32.8 Å². The van der Waals surface area contributed by atoms with Crippen LogP contribution < -0.4 is 4.74 Å². The average molecular weight is 263 g/mol. The molecule has 3 nitrogen and oxygen atoms in total. The number of likely N-dealkylation sites (tertiary alicyclic amines) is 1. The fourth-order valence-corrected chi connectivity index (χ4v) is 2.56. The van der Waals surface area contributed by atoms with Crippen LogP contribution in [0, 0.1) is 19.8 Å². The van der Waals surface area contributed by atoms with Gasteiger partial charge in [0.15, 0.2) is 0 Å². The van der Waals surface area contributed by atoms with Crippen LogP contribution in [0.25, 0.3) is 0 Å². The summed E-state index contributed by atoms with van der Waals surface area (Å²) >= 11 is 0. The lowest BCUT2D eigenvalue weighted by atomic mass is 9.98. The summed E-state index contributed by atoms with van der Waals surface area (Å²) in [6.45, 7) is 8.45. The molecule has 0 atom stereocenters. The summed E-state index contributed by atoms with van der Waals surface area (Å²) in [7, 11) is 0. The Hall–Kier alpha value is -1.06. The van der Waals surface area contributed by atoms with E-state index < -0.39 is 0 Å². The number of piperidine rings is 1. The van der Waals surface area contributed by atoms with E-state index in [1.165, 1.54) is 11.1 Å². The van der Waals surface area contributed by atoms with Gasteiger partial charge in [-0.25, -0.2) is 0 Å². The number of ether oxygens (including phenoxy) is 1. The first-order valence-electron chi connectivity index (χ1n) is 7.23. The van der Waals surface area contributed by atoms with Gasteiger partial charge in [0, 0.05) is 13.2 Å². The molecule has 1 aromatic rings. The van der Waals surface area contributed by atoms with Gasteiger partial charge in [0.2, 0.25) is 0 Å². The van der Waals surface area contributed by atoms with Crippen LogP contribution >= 0.6 is 0 Å². The quantitative estimate of drug-likeness (QED) is 0.885. The lowest BCUT2D eigenvalue weighted by Crippen LogP contribution is -2.37. The van der Waals surface area contributed by atoms with Crippen molar-refractivity contribution in [1.82, 2.24) is 4.90 Å². The van der Waals surface area contributed by atoms with Gasteiger partial charge in [-0.2, -0.15) is 0 Å². The molecule has 1 fully saturated rings. The first-order chi connectivity index (χ1) is 9.20. The van der Waals surface area contributed by atoms with E-state index in [1.54, 1.807) is 0 Å². The molecular weight excluding hydrogens is 238 g/mol. The molecule has 106 valence electrons. The van der Waals surface area contributed by atoms with Crippen molar-refractivity contribution in [1.29, 1.82) is 0 Å². The van der Waals surface area contributed by atoms with E-state index >= 15 is 0 Å². The Labute approximate surface area is 116 Å². The maximum atomic E-state index is 9.12. The molecule has 19 heavy (non-hydrogen) atoms. The van der Waals surface area contributed by atoms with Crippen molar-refractivity contribution in [2.24, 2.45) is 5.92 Å². The number of aryl methyl sites for hydroxylation is 1. The number of nitrogens with zero attached hydrogens (tertiary/aromatic N) is 1. The van der Waals surface area contributed by atoms with Gasteiger partial charge in [-0.15, -0.1) is 0 Å². The van der Waals surface area contributed by atoms with Crippen molar-refractivity contribution in [3.05, 3.63) is 29.3 Å². The molecular formula is C16H25NO2. The summed E-state index contributed by atoms with van der Waals surface area (Å²) in [4.78, 5) is 2.43. The van der Waals surface area contributed by atoms with Crippen LogP contribution in [0.4, 0.5) is 0 Å². The van der Waals surface area contributed by atoms with Crippen LogP contribution in [0.1, 0.15) is 24.0 Å².